The van der Waals surface area contributed by atoms with Crippen LogP contribution in [0.25, 0.3) is 0 Å². The van der Waals surface area contributed by atoms with Crippen molar-refractivity contribution < 1.29 is 4.74 Å². The molecule has 0 radical (unpaired) electrons. The molecule has 0 fully saturated rings. The van der Waals surface area contributed by atoms with Crippen LogP contribution in [0, 0.1) is 11.3 Å². The predicted molar refractivity (Wildman–Crippen MR) is 70.9 cm³/mol. The molecule has 2 rings (SSSR count). The Morgan fingerprint density at radius 1 is 1.06 bits per heavy atom. The lowest BCUT2D eigenvalue weighted by molar-refractivity contribution is 0.308. The molecule has 3 heteroatoms. The molecular formula is C15H14N2O. The summed E-state index contributed by atoms with van der Waals surface area (Å²) < 4.78 is 5.65. The number of anilines is 1. The van der Waals surface area contributed by atoms with Crippen molar-refractivity contribution in [2.75, 3.05) is 5.73 Å². The first-order chi connectivity index (χ1) is 8.79. The van der Waals surface area contributed by atoms with Gasteiger partial charge in [0.2, 0.25) is 0 Å². The first-order valence-corrected chi connectivity index (χ1v) is 5.71. The molecule has 0 aliphatic carbocycles. The zero-order chi connectivity index (χ0) is 12.8. The zero-order valence-corrected chi connectivity index (χ0v) is 9.97. The van der Waals surface area contributed by atoms with E-state index in [0.717, 1.165) is 11.1 Å². The minimum atomic E-state index is 0.364. The monoisotopic (exact) mass is 238 g/mol. The van der Waals surface area contributed by atoms with Crippen LogP contribution in [-0.4, -0.2) is 0 Å². The van der Waals surface area contributed by atoms with E-state index in [-0.39, 0.29) is 0 Å². The number of nitrogen functional groups attached to an aromatic ring is 1. The van der Waals surface area contributed by atoms with Crippen LogP contribution in [0.15, 0.2) is 48.5 Å². The lowest BCUT2D eigenvalue weighted by atomic mass is 10.1. The molecule has 3 nitrogen and oxygen atoms in total. The Hall–Kier alpha value is -2.47. The van der Waals surface area contributed by atoms with E-state index in [2.05, 4.69) is 6.07 Å². The number of nitriles is 1. The molecule has 0 heterocycles. The van der Waals surface area contributed by atoms with Gasteiger partial charge in [0.1, 0.15) is 12.4 Å². The molecule has 0 saturated heterocycles. The largest absolute Gasteiger partial charge is 0.487 e. The van der Waals surface area contributed by atoms with Crippen LogP contribution in [0.3, 0.4) is 0 Å². The Morgan fingerprint density at radius 2 is 1.83 bits per heavy atom. The summed E-state index contributed by atoms with van der Waals surface area (Å²) in [5.74, 6) is 0.653. The number of benzene rings is 2. The highest BCUT2D eigenvalue weighted by Gasteiger charge is 2.02. The van der Waals surface area contributed by atoms with Gasteiger partial charge in [0.05, 0.1) is 18.2 Å². The van der Waals surface area contributed by atoms with E-state index in [0.29, 0.717) is 24.5 Å². The molecule has 18 heavy (non-hydrogen) atoms. The summed E-state index contributed by atoms with van der Waals surface area (Å²) in [6.45, 7) is 0.489. The van der Waals surface area contributed by atoms with E-state index in [1.165, 1.54) is 0 Å². The molecule has 0 amide bonds. The molecule has 0 atom stereocenters. The number of hydrogen-bond acceptors (Lipinski definition) is 3. The van der Waals surface area contributed by atoms with Crippen molar-refractivity contribution in [3.05, 3.63) is 59.7 Å². The van der Waals surface area contributed by atoms with Gasteiger partial charge in [-0.2, -0.15) is 5.26 Å². The van der Waals surface area contributed by atoms with E-state index in [9.17, 15) is 0 Å². The van der Waals surface area contributed by atoms with Crippen LogP contribution in [-0.2, 0) is 13.0 Å². The molecular weight excluding hydrogens is 224 g/mol. The molecule has 0 aliphatic heterocycles. The van der Waals surface area contributed by atoms with Gasteiger partial charge in [0.15, 0.2) is 0 Å². The lowest BCUT2D eigenvalue weighted by Gasteiger charge is -2.09. The predicted octanol–water partition coefficient (Wildman–Crippen LogP) is 2.91. The molecule has 0 aromatic heterocycles. The Labute approximate surface area is 106 Å². The second kappa shape index (κ2) is 5.74. The fourth-order valence-corrected chi connectivity index (χ4v) is 1.67. The molecule has 0 aliphatic rings. The zero-order valence-electron chi connectivity index (χ0n) is 9.97. The number of rotatable bonds is 4. The Kier molecular flexibility index (Phi) is 3.83. The lowest BCUT2D eigenvalue weighted by Crippen LogP contribution is -1.99. The van der Waals surface area contributed by atoms with Gasteiger partial charge in [-0.05, 0) is 23.3 Å². The average Bonchev–Trinajstić information content (AvgIpc) is 2.39. The summed E-state index contributed by atoms with van der Waals surface area (Å²) in [5, 5.41) is 8.61. The van der Waals surface area contributed by atoms with Crippen LogP contribution in [0.2, 0.25) is 0 Å². The number of nitrogens with zero attached hydrogens (tertiary/aromatic N) is 1. The van der Waals surface area contributed by atoms with E-state index in [4.69, 9.17) is 15.7 Å². The molecule has 2 aromatic rings. The summed E-state index contributed by atoms with van der Waals surface area (Å²) in [4.78, 5) is 0. The average molecular weight is 238 g/mol. The first-order valence-electron chi connectivity index (χ1n) is 5.71. The Morgan fingerprint density at radius 3 is 2.50 bits per heavy atom. The highest BCUT2D eigenvalue weighted by molar-refractivity contribution is 5.54. The summed E-state index contributed by atoms with van der Waals surface area (Å²) in [6, 6.07) is 17.5. The van der Waals surface area contributed by atoms with Gasteiger partial charge >= 0.3 is 0 Å². The van der Waals surface area contributed by atoms with Gasteiger partial charge in [-0.1, -0.05) is 36.4 Å². The van der Waals surface area contributed by atoms with E-state index < -0.39 is 0 Å². The number of nitrogens with two attached hydrogens (primary N) is 1. The summed E-state index contributed by atoms with van der Waals surface area (Å²) in [7, 11) is 0. The van der Waals surface area contributed by atoms with Gasteiger partial charge in [0, 0.05) is 0 Å². The summed E-state index contributed by atoms with van der Waals surface area (Å²) in [5.41, 5.74) is 8.45. The van der Waals surface area contributed by atoms with Crippen molar-refractivity contribution in [2.45, 2.75) is 13.0 Å². The normalized spacial score (nSPS) is 9.72. The third kappa shape index (κ3) is 3.02. The molecule has 90 valence electrons. The maximum absolute atomic E-state index is 8.61. The molecule has 0 spiro atoms. The quantitative estimate of drug-likeness (QED) is 0.833. The fourth-order valence-electron chi connectivity index (χ4n) is 1.67. The van der Waals surface area contributed by atoms with Crippen molar-refractivity contribution in [2.24, 2.45) is 0 Å². The van der Waals surface area contributed by atoms with Crippen molar-refractivity contribution in [3.63, 3.8) is 0 Å². The fraction of sp³-hybridized carbons (Fsp3) is 0.133. The van der Waals surface area contributed by atoms with E-state index in [1.807, 2.05) is 42.5 Å². The smallest absolute Gasteiger partial charge is 0.142 e. The van der Waals surface area contributed by atoms with Gasteiger partial charge in [0.25, 0.3) is 0 Å². The highest BCUT2D eigenvalue weighted by Crippen LogP contribution is 2.23. The molecule has 2 N–H and O–H groups in total. The molecule has 0 unspecified atom stereocenters. The summed E-state index contributed by atoms with van der Waals surface area (Å²) >= 11 is 0. The van der Waals surface area contributed by atoms with Crippen LogP contribution >= 0.6 is 0 Å². The second-order valence-electron chi connectivity index (χ2n) is 3.98. The van der Waals surface area contributed by atoms with Crippen LogP contribution < -0.4 is 10.5 Å². The summed E-state index contributed by atoms with van der Waals surface area (Å²) in [6.07, 6.45) is 0.364. The van der Waals surface area contributed by atoms with Gasteiger partial charge in [-0.15, -0.1) is 0 Å². The van der Waals surface area contributed by atoms with Crippen LogP contribution in [0.4, 0.5) is 5.69 Å². The minimum Gasteiger partial charge on any atom is -0.487 e. The Balaban J connectivity index is 2.04. The first kappa shape index (κ1) is 12.0. The number of hydrogen-bond donors (Lipinski definition) is 1. The van der Waals surface area contributed by atoms with Crippen LogP contribution in [0.1, 0.15) is 11.1 Å². The van der Waals surface area contributed by atoms with Crippen molar-refractivity contribution in [3.8, 4) is 11.8 Å². The van der Waals surface area contributed by atoms with Crippen molar-refractivity contribution in [1.29, 1.82) is 5.26 Å². The van der Waals surface area contributed by atoms with Crippen LogP contribution in [0.5, 0.6) is 5.75 Å². The number of ether oxygens (including phenoxy) is 1. The van der Waals surface area contributed by atoms with Crippen molar-refractivity contribution >= 4 is 5.69 Å². The minimum absolute atomic E-state index is 0.364. The topological polar surface area (TPSA) is 59.0 Å². The van der Waals surface area contributed by atoms with Gasteiger partial charge < -0.3 is 10.5 Å². The maximum Gasteiger partial charge on any atom is 0.142 e. The second-order valence-corrected chi connectivity index (χ2v) is 3.98. The standard InChI is InChI=1S/C15H14N2O/c16-9-8-12-6-7-15(14(17)10-12)18-11-13-4-2-1-3-5-13/h1-7,10H,8,11,17H2. The Bertz CT molecular complexity index is 558. The highest BCUT2D eigenvalue weighted by atomic mass is 16.5. The van der Waals surface area contributed by atoms with Gasteiger partial charge in [-0.3, -0.25) is 0 Å². The third-order valence-electron chi connectivity index (χ3n) is 2.59. The molecule has 0 bridgehead atoms. The van der Waals surface area contributed by atoms with Crippen molar-refractivity contribution in [1.82, 2.24) is 0 Å². The SMILES string of the molecule is N#CCc1ccc(OCc2ccccc2)c(N)c1. The molecule has 0 saturated carbocycles. The maximum atomic E-state index is 8.61. The van der Waals surface area contributed by atoms with E-state index >= 15 is 0 Å². The van der Waals surface area contributed by atoms with E-state index in [1.54, 1.807) is 6.07 Å². The third-order valence-corrected chi connectivity index (χ3v) is 2.59. The van der Waals surface area contributed by atoms with Gasteiger partial charge in [-0.25, -0.2) is 0 Å². The molecule has 2 aromatic carbocycles.